The zero-order valence-electron chi connectivity index (χ0n) is 14.3. The number of hydrogen-bond acceptors (Lipinski definition) is 6. The average molecular weight is 375 g/mol. The molecule has 3 N–H and O–H groups in total. The molecule has 0 aliphatic rings. The summed E-state index contributed by atoms with van der Waals surface area (Å²) in [6.45, 7) is 3.88. The molecule has 136 valence electrons. The van der Waals surface area contributed by atoms with Gasteiger partial charge in [-0.3, -0.25) is 4.79 Å². The molecule has 0 bridgehead atoms. The number of nitrogens with zero attached hydrogens (tertiary/aromatic N) is 3. The van der Waals surface area contributed by atoms with Crippen molar-refractivity contribution in [2.24, 2.45) is 0 Å². The summed E-state index contributed by atoms with van der Waals surface area (Å²) >= 11 is 1.20. The lowest BCUT2D eigenvalue weighted by Crippen LogP contribution is -2.30. The minimum absolute atomic E-state index is 0.177. The summed E-state index contributed by atoms with van der Waals surface area (Å²) in [6.07, 6.45) is 1.55. The molecule has 26 heavy (non-hydrogen) atoms. The molecule has 0 spiro atoms. The summed E-state index contributed by atoms with van der Waals surface area (Å²) in [7, 11) is 0. The third-order valence-corrected chi connectivity index (χ3v) is 4.85. The smallest absolute Gasteiger partial charge is 0.233 e. The highest BCUT2D eigenvalue weighted by Crippen LogP contribution is 2.27. The second-order valence-corrected chi connectivity index (χ2v) is 6.98. The van der Waals surface area contributed by atoms with Gasteiger partial charge in [0.15, 0.2) is 5.82 Å². The van der Waals surface area contributed by atoms with E-state index in [1.54, 1.807) is 31.4 Å². The Morgan fingerprint density at radius 3 is 2.73 bits per heavy atom. The van der Waals surface area contributed by atoms with Crippen LogP contribution >= 0.6 is 11.8 Å². The second-order valence-electron chi connectivity index (χ2n) is 5.67. The fourth-order valence-electron chi connectivity index (χ4n) is 2.30. The number of carbonyl (C=O) groups is 1. The molecule has 0 radical (unpaired) electrons. The highest BCUT2D eigenvalue weighted by molar-refractivity contribution is 8.00. The Hall–Kier alpha value is -2.81. The third-order valence-electron chi connectivity index (χ3n) is 3.80. The minimum Gasteiger partial charge on any atom is -0.469 e. The van der Waals surface area contributed by atoms with E-state index in [4.69, 9.17) is 10.3 Å². The van der Waals surface area contributed by atoms with Crippen LogP contribution in [0.15, 0.2) is 46.2 Å². The van der Waals surface area contributed by atoms with Crippen LogP contribution in [-0.4, -0.2) is 26.0 Å². The summed E-state index contributed by atoms with van der Waals surface area (Å²) in [5.74, 6) is 6.72. The molecule has 0 aliphatic heterocycles. The van der Waals surface area contributed by atoms with Crippen LogP contribution in [0.25, 0.3) is 11.4 Å². The van der Waals surface area contributed by atoms with Gasteiger partial charge in [0.25, 0.3) is 0 Å². The van der Waals surface area contributed by atoms with Gasteiger partial charge in [0.2, 0.25) is 11.1 Å². The van der Waals surface area contributed by atoms with Crippen LogP contribution < -0.4 is 11.2 Å². The van der Waals surface area contributed by atoms with Gasteiger partial charge in [0.05, 0.1) is 17.1 Å². The fraction of sp³-hybridized carbons (Fsp3) is 0.235. The summed E-state index contributed by atoms with van der Waals surface area (Å²) in [4.78, 5) is 12.3. The normalized spacial score (nSPS) is 12.1. The maximum Gasteiger partial charge on any atom is 0.233 e. The van der Waals surface area contributed by atoms with Crippen LogP contribution in [-0.2, 0) is 11.3 Å². The molecule has 2 aromatic heterocycles. The van der Waals surface area contributed by atoms with E-state index in [9.17, 15) is 9.18 Å². The van der Waals surface area contributed by atoms with E-state index < -0.39 is 5.25 Å². The number of furan rings is 1. The maximum absolute atomic E-state index is 12.9. The molecule has 0 saturated heterocycles. The number of nitrogens with two attached hydrogens (primary N) is 1. The van der Waals surface area contributed by atoms with Crippen molar-refractivity contribution in [1.29, 1.82) is 0 Å². The highest BCUT2D eigenvalue weighted by atomic mass is 32.2. The first-order valence-corrected chi connectivity index (χ1v) is 8.77. The Morgan fingerprint density at radius 1 is 1.35 bits per heavy atom. The van der Waals surface area contributed by atoms with Gasteiger partial charge in [-0.15, -0.1) is 10.2 Å². The van der Waals surface area contributed by atoms with Crippen LogP contribution in [0.3, 0.4) is 0 Å². The minimum atomic E-state index is -0.430. The number of benzene rings is 1. The van der Waals surface area contributed by atoms with Crippen molar-refractivity contribution in [3.63, 3.8) is 0 Å². The van der Waals surface area contributed by atoms with Crippen LogP contribution in [0.2, 0.25) is 0 Å². The van der Waals surface area contributed by atoms with Gasteiger partial charge in [-0.1, -0.05) is 23.9 Å². The molecule has 0 aliphatic carbocycles. The first-order chi connectivity index (χ1) is 12.5. The van der Waals surface area contributed by atoms with Gasteiger partial charge in [-0.2, -0.15) is 0 Å². The highest BCUT2D eigenvalue weighted by Gasteiger charge is 2.21. The third kappa shape index (κ3) is 3.88. The lowest BCUT2D eigenvalue weighted by Gasteiger charge is -2.11. The Morgan fingerprint density at radius 2 is 2.08 bits per heavy atom. The Kier molecular flexibility index (Phi) is 5.27. The number of halogens is 1. The number of aromatic nitrogens is 3. The van der Waals surface area contributed by atoms with Crippen molar-refractivity contribution < 1.29 is 13.6 Å². The number of nitrogens with one attached hydrogen (secondary N) is 1. The van der Waals surface area contributed by atoms with E-state index in [2.05, 4.69) is 15.5 Å². The summed E-state index contributed by atoms with van der Waals surface area (Å²) in [5.41, 5.74) is 1.57. The topological polar surface area (TPSA) is 99.0 Å². The predicted octanol–water partition coefficient (Wildman–Crippen LogP) is 2.50. The molecule has 0 fully saturated rings. The zero-order valence-corrected chi connectivity index (χ0v) is 15.1. The first kappa shape index (κ1) is 18.0. The molecule has 3 aromatic rings. The summed E-state index contributed by atoms with van der Waals surface area (Å²) < 4.78 is 19.5. The Labute approximate surface area is 153 Å². The van der Waals surface area contributed by atoms with Crippen LogP contribution in [0.4, 0.5) is 4.39 Å². The molecule has 9 heteroatoms. The lowest BCUT2D eigenvalue weighted by atomic mass is 10.2. The summed E-state index contributed by atoms with van der Waals surface area (Å²) in [5, 5.41) is 10.9. The van der Waals surface area contributed by atoms with E-state index in [0.29, 0.717) is 23.3 Å². The van der Waals surface area contributed by atoms with E-state index >= 15 is 0 Å². The van der Waals surface area contributed by atoms with Crippen molar-refractivity contribution in [3.05, 3.63) is 53.7 Å². The van der Waals surface area contributed by atoms with Crippen LogP contribution in [0.5, 0.6) is 0 Å². The maximum atomic E-state index is 12.9. The summed E-state index contributed by atoms with van der Waals surface area (Å²) in [6, 6.07) is 7.73. The van der Waals surface area contributed by atoms with E-state index in [1.165, 1.54) is 28.6 Å². The number of hydrogen-bond donors (Lipinski definition) is 2. The van der Waals surface area contributed by atoms with Gasteiger partial charge in [0, 0.05) is 6.54 Å². The Balaban J connectivity index is 1.61. The largest absolute Gasteiger partial charge is 0.469 e. The quantitative estimate of drug-likeness (QED) is 0.507. The van der Waals surface area contributed by atoms with Crippen molar-refractivity contribution in [3.8, 4) is 11.4 Å². The second kappa shape index (κ2) is 7.61. The first-order valence-electron chi connectivity index (χ1n) is 7.89. The molecular weight excluding hydrogens is 357 g/mol. The van der Waals surface area contributed by atoms with Crippen molar-refractivity contribution in [1.82, 2.24) is 20.2 Å². The van der Waals surface area contributed by atoms with Gasteiger partial charge in [0.1, 0.15) is 11.6 Å². The molecular formula is C17H18FN5O2S. The SMILES string of the molecule is Cc1occc1-c1nnc(SC(C)C(=O)NCc2ccc(F)cc2)n1N. The van der Waals surface area contributed by atoms with Gasteiger partial charge >= 0.3 is 0 Å². The molecule has 1 unspecified atom stereocenters. The van der Waals surface area contributed by atoms with Crippen LogP contribution in [0.1, 0.15) is 18.2 Å². The molecule has 1 atom stereocenters. The van der Waals surface area contributed by atoms with Gasteiger partial charge in [-0.25, -0.2) is 9.07 Å². The van der Waals surface area contributed by atoms with Crippen molar-refractivity contribution >= 4 is 17.7 Å². The zero-order chi connectivity index (χ0) is 18.7. The standard InChI is InChI=1S/C17H18FN5O2S/c1-10-14(7-8-25-10)15-21-22-17(23(15)19)26-11(2)16(24)20-9-12-3-5-13(18)6-4-12/h3-8,11H,9,19H2,1-2H3,(H,20,24). The number of carbonyl (C=O) groups excluding carboxylic acids is 1. The lowest BCUT2D eigenvalue weighted by molar-refractivity contribution is -0.120. The average Bonchev–Trinajstić information content (AvgIpc) is 3.20. The number of rotatable bonds is 6. The molecule has 0 saturated carbocycles. The van der Waals surface area contributed by atoms with E-state index in [0.717, 1.165) is 11.1 Å². The van der Waals surface area contributed by atoms with E-state index in [-0.39, 0.29) is 11.7 Å². The van der Waals surface area contributed by atoms with Gasteiger partial charge in [-0.05, 0) is 37.6 Å². The molecule has 7 nitrogen and oxygen atoms in total. The molecule has 1 amide bonds. The van der Waals surface area contributed by atoms with E-state index in [1.807, 2.05) is 6.92 Å². The molecule has 1 aromatic carbocycles. The Bertz CT molecular complexity index is 906. The number of nitrogen functional groups attached to an aromatic ring is 1. The fourth-order valence-corrected chi connectivity index (χ4v) is 3.10. The van der Waals surface area contributed by atoms with Crippen molar-refractivity contribution in [2.45, 2.75) is 30.8 Å². The predicted molar refractivity (Wildman–Crippen MR) is 96.2 cm³/mol. The van der Waals surface area contributed by atoms with Gasteiger partial charge < -0.3 is 15.6 Å². The molecule has 2 heterocycles. The number of amides is 1. The number of thioether (sulfide) groups is 1. The van der Waals surface area contributed by atoms with Crippen molar-refractivity contribution in [2.75, 3.05) is 5.84 Å². The van der Waals surface area contributed by atoms with Crippen LogP contribution in [0, 0.1) is 12.7 Å². The monoisotopic (exact) mass is 375 g/mol. The number of aryl methyl sites for hydroxylation is 1. The molecule has 3 rings (SSSR count).